The zero-order chi connectivity index (χ0) is 12.3. The summed E-state index contributed by atoms with van der Waals surface area (Å²) in [6.45, 7) is 10.0. The van der Waals surface area contributed by atoms with Gasteiger partial charge in [0.15, 0.2) is 5.75 Å². The van der Waals surface area contributed by atoms with E-state index in [4.69, 9.17) is 4.74 Å². The van der Waals surface area contributed by atoms with Crippen LogP contribution in [0.25, 0.3) is 0 Å². The molecule has 0 atom stereocenters. The van der Waals surface area contributed by atoms with Gasteiger partial charge in [-0.1, -0.05) is 13.8 Å². The molecule has 0 amide bonds. The summed E-state index contributed by atoms with van der Waals surface area (Å²) in [5.41, 5.74) is 2.17. The number of hydrogen-bond acceptors (Lipinski definition) is 3. The third-order valence-corrected chi connectivity index (χ3v) is 2.71. The summed E-state index contributed by atoms with van der Waals surface area (Å²) in [4.78, 5) is 0. The number of hydrogen-bond donors (Lipinski definition) is 1. The minimum atomic E-state index is 0.128. The summed E-state index contributed by atoms with van der Waals surface area (Å²) in [6.07, 6.45) is 0. The maximum atomic E-state index is 5.88. The molecule has 0 saturated carbocycles. The van der Waals surface area contributed by atoms with Crippen LogP contribution >= 0.6 is 0 Å². The molecule has 1 heterocycles. The molecule has 0 spiro atoms. The standard InChI is InChI=1S/C12H23N3O/c1-9-11(10(2)15(6)14-9)16-8-12(3,4)7-13-5/h13H,7-8H2,1-6H3. The normalized spacial score (nSPS) is 11.9. The van der Waals surface area contributed by atoms with Gasteiger partial charge in [-0.2, -0.15) is 5.10 Å². The smallest absolute Gasteiger partial charge is 0.162 e. The van der Waals surface area contributed by atoms with Crippen molar-refractivity contribution in [3.8, 4) is 5.75 Å². The molecule has 1 aromatic heterocycles. The molecule has 1 rings (SSSR count). The number of nitrogens with zero attached hydrogens (tertiary/aromatic N) is 2. The Bertz CT molecular complexity index is 355. The maximum Gasteiger partial charge on any atom is 0.162 e. The van der Waals surface area contributed by atoms with Crippen LogP contribution in [0.3, 0.4) is 0 Å². The summed E-state index contributed by atoms with van der Waals surface area (Å²) in [6, 6.07) is 0. The summed E-state index contributed by atoms with van der Waals surface area (Å²) >= 11 is 0. The quantitative estimate of drug-likeness (QED) is 0.828. The summed E-state index contributed by atoms with van der Waals surface area (Å²) < 4.78 is 7.74. The lowest BCUT2D eigenvalue weighted by molar-refractivity contribution is 0.177. The second kappa shape index (κ2) is 4.87. The van der Waals surface area contributed by atoms with Crippen LogP contribution in [-0.2, 0) is 7.05 Å². The van der Waals surface area contributed by atoms with Crippen LogP contribution < -0.4 is 10.1 Å². The van der Waals surface area contributed by atoms with E-state index >= 15 is 0 Å². The van der Waals surface area contributed by atoms with Gasteiger partial charge in [-0.3, -0.25) is 4.68 Å². The van der Waals surface area contributed by atoms with Crippen molar-refractivity contribution in [2.75, 3.05) is 20.2 Å². The van der Waals surface area contributed by atoms with Gasteiger partial charge in [0.05, 0.1) is 12.3 Å². The Labute approximate surface area is 98.0 Å². The predicted molar refractivity (Wildman–Crippen MR) is 65.9 cm³/mol. The Balaban J connectivity index is 2.67. The van der Waals surface area contributed by atoms with Crippen LogP contribution in [0, 0.1) is 19.3 Å². The third-order valence-electron chi connectivity index (χ3n) is 2.71. The molecule has 1 aromatic rings. The fourth-order valence-electron chi connectivity index (χ4n) is 1.76. The molecule has 0 unspecified atom stereocenters. The molecule has 4 heteroatoms. The van der Waals surface area contributed by atoms with Gasteiger partial charge in [-0.05, 0) is 20.9 Å². The van der Waals surface area contributed by atoms with E-state index in [1.54, 1.807) is 0 Å². The molecule has 0 aliphatic carbocycles. The molecule has 0 bridgehead atoms. The zero-order valence-electron chi connectivity index (χ0n) is 11.2. The minimum Gasteiger partial charge on any atom is -0.489 e. The van der Waals surface area contributed by atoms with Gasteiger partial charge in [0.2, 0.25) is 0 Å². The highest BCUT2D eigenvalue weighted by molar-refractivity contribution is 5.31. The largest absolute Gasteiger partial charge is 0.489 e. The van der Waals surface area contributed by atoms with Gasteiger partial charge in [-0.25, -0.2) is 0 Å². The number of ether oxygens (including phenoxy) is 1. The van der Waals surface area contributed by atoms with E-state index in [-0.39, 0.29) is 5.41 Å². The van der Waals surface area contributed by atoms with Crippen molar-refractivity contribution in [3.63, 3.8) is 0 Å². The molecule has 0 aromatic carbocycles. The molecule has 0 aliphatic rings. The Hall–Kier alpha value is -1.03. The van der Waals surface area contributed by atoms with Crippen molar-refractivity contribution in [2.24, 2.45) is 12.5 Å². The number of aryl methyl sites for hydroxylation is 2. The van der Waals surface area contributed by atoms with Crippen molar-refractivity contribution in [2.45, 2.75) is 27.7 Å². The van der Waals surface area contributed by atoms with Gasteiger partial charge in [-0.15, -0.1) is 0 Å². The van der Waals surface area contributed by atoms with Crippen LogP contribution in [-0.4, -0.2) is 30.0 Å². The second-order valence-corrected chi connectivity index (χ2v) is 5.11. The SMILES string of the molecule is CNCC(C)(C)COc1c(C)nn(C)c1C. The van der Waals surface area contributed by atoms with Crippen molar-refractivity contribution in [1.29, 1.82) is 0 Å². The molecular weight excluding hydrogens is 202 g/mol. The fourth-order valence-corrected chi connectivity index (χ4v) is 1.76. The Morgan fingerprint density at radius 1 is 1.38 bits per heavy atom. The highest BCUT2D eigenvalue weighted by Crippen LogP contribution is 2.24. The Kier molecular flexibility index (Phi) is 3.97. The molecule has 1 N–H and O–H groups in total. The average Bonchev–Trinajstić information content (AvgIpc) is 2.39. The van der Waals surface area contributed by atoms with Crippen molar-refractivity contribution in [3.05, 3.63) is 11.4 Å². The van der Waals surface area contributed by atoms with E-state index in [0.717, 1.165) is 23.7 Å². The molecule has 92 valence electrons. The van der Waals surface area contributed by atoms with Crippen LogP contribution in [0.1, 0.15) is 25.2 Å². The van der Waals surface area contributed by atoms with Gasteiger partial charge in [0.1, 0.15) is 5.69 Å². The number of nitrogens with one attached hydrogen (secondary N) is 1. The lowest BCUT2D eigenvalue weighted by Crippen LogP contribution is -2.32. The van der Waals surface area contributed by atoms with Gasteiger partial charge in [0.25, 0.3) is 0 Å². The Morgan fingerprint density at radius 2 is 2.00 bits per heavy atom. The number of rotatable bonds is 5. The molecule has 16 heavy (non-hydrogen) atoms. The predicted octanol–water partition coefficient (Wildman–Crippen LogP) is 1.66. The highest BCUT2D eigenvalue weighted by atomic mass is 16.5. The van der Waals surface area contributed by atoms with Crippen molar-refractivity contribution < 1.29 is 4.74 Å². The van der Waals surface area contributed by atoms with E-state index in [9.17, 15) is 0 Å². The second-order valence-electron chi connectivity index (χ2n) is 5.11. The van der Waals surface area contributed by atoms with E-state index in [1.807, 2.05) is 32.6 Å². The zero-order valence-corrected chi connectivity index (χ0v) is 11.2. The van der Waals surface area contributed by atoms with Crippen molar-refractivity contribution in [1.82, 2.24) is 15.1 Å². The molecule has 0 aliphatic heterocycles. The van der Waals surface area contributed by atoms with Crippen LogP contribution in [0.4, 0.5) is 0 Å². The molecule has 4 nitrogen and oxygen atoms in total. The minimum absolute atomic E-state index is 0.128. The summed E-state index contributed by atoms with van der Waals surface area (Å²) in [7, 11) is 3.90. The molecule has 0 saturated heterocycles. The lowest BCUT2D eigenvalue weighted by Gasteiger charge is -2.24. The first-order chi connectivity index (χ1) is 7.37. The first-order valence-corrected chi connectivity index (χ1v) is 5.65. The van der Waals surface area contributed by atoms with Gasteiger partial charge >= 0.3 is 0 Å². The van der Waals surface area contributed by atoms with Crippen LogP contribution in [0.15, 0.2) is 0 Å². The van der Waals surface area contributed by atoms with E-state index in [0.29, 0.717) is 6.61 Å². The van der Waals surface area contributed by atoms with Crippen LogP contribution in [0.5, 0.6) is 5.75 Å². The fraction of sp³-hybridized carbons (Fsp3) is 0.750. The topological polar surface area (TPSA) is 39.1 Å². The average molecular weight is 225 g/mol. The third kappa shape index (κ3) is 2.98. The number of aromatic nitrogens is 2. The first-order valence-electron chi connectivity index (χ1n) is 5.65. The summed E-state index contributed by atoms with van der Waals surface area (Å²) in [5.74, 6) is 0.923. The Morgan fingerprint density at radius 3 is 2.44 bits per heavy atom. The monoisotopic (exact) mass is 225 g/mol. The van der Waals surface area contributed by atoms with E-state index in [2.05, 4.69) is 24.3 Å². The van der Waals surface area contributed by atoms with E-state index < -0.39 is 0 Å². The summed E-state index contributed by atoms with van der Waals surface area (Å²) in [5, 5.41) is 7.51. The van der Waals surface area contributed by atoms with Gasteiger partial charge in [0, 0.05) is 19.0 Å². The highest BCUT2D eigenvalue weighted by Gasteiger charge is 2.20. The van der Waals surface area contributed by atoms with Crippen molar-refractivity contribution >= 4 is 0 Å². The maximum absolute atomic E-state index is 5.88. The van der Waals surface area contributed by atoms with Crippen LogP contribution in [0.2, 0.25) is 0 Å². The molecular formula is C12H23N3O. The lowest BCUT2D eigenvalue weighted by atomic mass is 9.95. The molecule has 0 radical (unpaired) electrons. The molecule has 0 fully saturated rings. The van der Waals surface area contributed by atoms with E-state index in [1.165, 1.54) is 0 Å². The first kappa shape index (κ1) is 13.0. The van der Waals surface area contributed by atoms with Gasteiger partial charge < -0.3 is 10.1 Å².